The molecule has 0 aliphatic heterocycles. The number of anilines is 1. The lowest BCUT2D eigenvalue weighted by Gasteiger charge is -2.23. The zero-order valence-corrected chi connectivity index (χ0v) is 12.4. The molecular formula is C16H26N2O. The van der Waals surface area contributed by atoms with Crippen LogP contribution in [0.2, 0.25) is 0 Å². The van der Waals surface area contributed by atoms with Gasteiger partial charge in [-0.05, 0) is 39.1 Å². The van der Waals surface area contributed by atoms with Gasteiger partial charge in [0.2, 0.25) is 5.91 Å². The number of carbonyl (C=O) groups excluding carboxylic acids is 1. The van der Waals surface area contributed by atoms with Crippen LogP contribution in [-0.4, -0.2) is 37.5 Å². The maximum absolute atomic E-state index is 12.3. The largest absolute Gasteiger partial charge is 0.313 e. The minimum absolute atomic E-state index is 0.206. The molecule has 0 aliphatic carbocycles. The summed E-state index contributed by atoms with van der Waals surface area (Å²) in [5.41, 5.74) is 0.992. The number of carbonyl (C=O) groups is 1. The summed E-state index contributed by atoms with van der Waals surface area (Å²) < 4.78 is 0. The third-order valence-electron chi connectivity index (χ3n) is 3.29. The fourth-order valence-corrected chi connectivity index (χ4v) is 2.07. The van der Waals surface area contributed by atoms with Gasteiger partial charge in [0.1, 0.15) is 0 Å². The lowest BCUT2D eigenvalue weighted by Crippen LogP contribution is -2.33. The van der Waals surface area contributed by atoms with Gasteiger partial charge in [0.25, 0.3) is 0 Å². The molecule has 0 N–H and O–H groups in total. The highest BCUT2D eigenvalue weighted by atomic mass is 16.2. The Morgan fingerprint density at radius 2 is 1.79 bits per heavy atom. The lowest BCUT2D eigenvalue weighted by molar-refractivity contribution is -0.118. The van der Waals surface area contributed by atoms with Crippen molar-refractivity contribution in [3.8, 4) is 0 Å². The molecule has 0 aromatic heterocycles. The van der Waals surface area contributed by atoms with E-state index < -0.39 is 0 Å². The molecular weight excluding hydrogens is 236 g/mol. The Morgan fingerprint density at radius 3 is 2.37 bits per heavy atom. The van der Waals surface area contributed by atoms with E-state index in [1.807, 2.05) is 42.2 Å². The summed E-state index contributed by atoms with van der Waals surface area (Å²) in [6.45, 7) is 6.84. The molecule has 0 saturated heterocycles. The van der Waals surface area contributed by atoms with Crippen molar-refractivity contribution < 1.29 is 4.79 Å². The lowest BCUT2D eigenvalue weighted by atomic mass is 10.2. The van der Waals surface area contributed by atoms with Crippen LogP contribution in [0.3, 0.4) is 0 Å². The number of rotatable bonds is 8. The quantitative estimate of drug-likeness (QED) is 0.718. The molecule has 0 heterocycles. The molecule has 3 nitrogen and oxygen atoms in total. The van der Waals surface area contributed by atoms with E-state index in [9.17, 15) is 4.79 Å². The van der Waals surface area contributed by atoms with E-state index in [1.54, 1.807) is 0 Å². The predicted molar refractivity (Wildman–Crippen MR) is 81.5 cm³/mol. The highest BCUT2D eigenvalue weighted by molar-refractivity contribution is 5.93. The number of hydrogen-bond acceptors (Lipinski definition) is 2. The van der Waals surface area contributed by atoms with Crippen molar-refractivity contribution in [3.63, 3.8) is 0 Å². The van der Waals surface area contributed by atoms with Crippen LogP contribution in [0.15, 0.2) is 30.3 Å². The minimum atomic E-state index is 0.206. The maximum Gasteiger partial charge on any atom is 0.228 e. The molecule has 19 heavy (non-hydrogen) atoms. The molecule has 3 heteroatoms. The van der Waals surface area contributed by atoms with Gasteiger partial charge in [0.15, 0.2) is 0 Å². The molecule has 0 unspecified atom stereocenters. The van der Waals surface area contributed by atoms with E-state index in [0.717, 1.165) is 25.3 Å². The second kappa shape index (κ2) is 8.70. The third-order valence-corrected chi connectivity index (χ3v) is 3.29. The summed E-state index contributed by atoms with van der Waals surface area (Å²) in [5.74, 6) is 0.206. The zero-order chi connectivity index (χ0) is 14.1. The maximum atomic E-state index is 12.3. The van der Waals surface area contributed by atoms with Gasteiger partial charge in [-0.25, -0.2) is 0 Å². The van der Waals surface area contributed by atoms with Gasteiger partial charge in [-0.3, -0.25) is 4.79 Å². The summed E-state index contributed by atoms with van der Waals surface area (Å²) in [5, 5.41) is 0. The molecule has 0 atom stereocenters. The molecule has 1 aromatic rings. The number of unbranched alkanes of at least 4 members (excludes halogenated alkanes) is 1. The molecule has 0 spiro atoms. The minimum Gasteiger partial charge on any atom is -0.313 e. The van der Waals surface area contributed by atoms with Crippen LogP contribution in [-0.2, 0) is 4.79 Å². The SMILES string of the molecule is CCCCN(C)CCC(=O)N(CC)c1ccccc1. The smallest absolute Gasteiger partial charge is 0.228 e. The average molecular weight is 262 g/mol. The normalized spacial score (nSPS) is 10.7. The number of amides is 1. The van der Waals surface area contributed by atoms with Crippen molar-refractivity contribution in [3.05, 3.63) is 30.3 Å². The number of benzene rings is 1. The Labute approximate surface area is 117 Å². The van der Waals surface area contributed by atoms with E-state index in [1.165, 1.54) is 12.8 Å². The topological polar surface area (TPSA) is 23.6 Å². The fraction of sp³-hybridized carbons (Fsp3) is 0.562. The first-order valence-electron chi connectivity index (χ1n) is 7.23. The first-order chi connectivity index (χ1) is 9.19. The number of nitrogens with zero attached hydrogens (tertiary/aromatic N) is 2. The van der Waals surface area contributed by atoms with Crippen LogP contribution in [0.25, 0.3) is 0 Å². The fourth-order valence-electron chi connectivity index (χ4n) is 2.07. The van der Waals surface area contributed by atoms with Gasteiger partial charge >= 0.3 is 0 Å². The van der Waals surface area contributed by atoms with Crippen molar-refractivity contribution in [2.24, 2.45) is 0 Å². The number of para-hydroxylation sites is 1. The van der Waals surface area contributed by atoms with Crippen molar-refractivity contribution in [2.75, 3.05) is 31.6 Å². The van der Waals surface area contributed by atoms with Crippen LogP contribution in [0.4, 0.5) is 5.69 Å². The van der Waals surface area contributed by atoms with E-state index in [-0.39, 0.29) is 5.91 Å². The second-order valence-corrected chi connectivity index (χ2v) is 4.88. The van der Waals surface area contributed by atoms with Gasteiger partial charge in [0, 0.05) is 25.2 Å². The summed E-state index contributed by atoms with van der Waals surface area (Å²) in [6, 6.07) is 9.89. The molecule has 1 rings (SSSR count). The summed E-state index contributed by atoms with van der Waals surface area (Å²) in [7, 11) is 2.09. The summed E-state index contributed by atoms with van der Waals surface area (Å²) in [4.78, 5) is 16.3. The number of hydrogen-bond donors (Lipinski definition) is 0. The van der Waals surface area contributed by atoms with Crippen molar-refractivity contribution in [2.45, 2.75) is 33.1 Å². The molecule has 0 radical (unpaired) electrons. The van der Waals surface area contributed by atoms with Crippen LogP contribution >= 0.6 is 0 Å². The van der Waals surface area contributed by atoms with Crippen molar-refractivity contribution in [1.82, 2.24) is 4.90 Å². The van der Waals surface area contributed by atoms with Crippen LogP contribution in [0.1, 0.15) is 33.1 Å². The Bertz CT molecular complexity index is 364. The van der Waals surface area contributed by atoms with Crippen LogP contribution in [0.5, 0.6) is 0 Å². The molecule has 1 aromatic carbocycles. The highest BCUT2D eigenvalue weighted by Crippen LogP contribution is 2.14. The predicted octanol–water partition coefficient (Wildman–Crippen LogP) is 3.16. The molecule has 0 saturated carbocycles. The van der Waals surface area contributed by atoms with E-state index in [0.29, 0.717) is 6.42 Å². The van der Waals surface area contributed by atoms with Crippen LogP contribution in [0, 0.1) is 0 Å². The van der Waals surface area contributed by atoms with Gasteiger partial charge in [-0.1, -0.05) is 31.5 Å². The summed E-state index contributed by atoms with van der Waals surface area (Å²) >= 11 is 0. The second-order valence-electron chi connectivity index (χ2n) is 4.88. The van der Waals surface area contributed by atoms with E-state index >= 15 is 0 Å². The monoisotopic (exact) mass is 262 g/mol. The van der Waals surface area contributed by atoms with E-state index in [4.69, 9.17) is 0 Å². The van der Waals surface area contributed by atoms with Gasteiger partial charge in [0.05, 0.1) is 0 Å². The summed E-state index contributed by atoms with van der Waals surface area (Å²) in [6.07, 6.45) is 2.98. The highest BCUT2D eigenvalue weighted by Gasteiger charge is 2.13. The molecule has 1 amide bonds. The third kappa shape index (κ3) is 5.43. The van der Waals surface area contributed by atoms with Gasteiger partial charge in [-0.15, -0.1) is 0 Å². The first kappa shape index (κ1) is 15.7. The molecule has 0 aliphatic rings. The van der Waals surface area contributed by atoms with Gasteiger partial charge in [-0.2, -0.15) is 0 Å². The molecule has 0 fully saturated rings. The molecule has 0 bridgehead atoms. The van der Waals surface area contributed by atoms with Crippen molar-refractivity contribution >= 4 is 11.6 Å². The van der Waals surface area contributed by atoms with Gasteiger partial charge < -0.3 is 9.80 Å². The Hall–Kier alpha value is -1.35. The van der Waals surface area contributed by atoms with E-state index in [2.05, 4.69) is 18.9 Å². The Balaban J connectivity index is 2.47. The van der Waals surface area contributed by atoms with Crippen LogP contribution < -0.4 is 4.90 Å². The Morgan fingerprint density at radius 1 is 1.11 bits per heavy atom. The Kier molecular flexibility index (Phi) is 7.19. The standard InChI is InChI=1S/C16H26N2O/c1-4-6-13-17(3)14-12-16(19)18(5-2)15-10-8-7-9-11-15/h7-11H,4-6,12-14H2,1-3H3. The average Bonchev–Trinajstić information content (AvgIpc) is 2.45. The van der Waals surface area contributed by atoms with Crippen molar-refractivity contribution in [1.29, 1.82) is 0 Å². The first-order valence-corrected chi connectivity index (χ1v) is 7.23. The molecule has 106 valence electrons. The zero-order valence-electron chi connectivity index (χ0n) is 12.4.